The van der Waals surface area contributed by atoms with E-state index in [4.69, 9.17) is 0 Å². The first-order valence-corrected chi connectivity index (χ1v) is 5.54. The highest BCUT2D eigenvalue weighted by atomic mass is 32.1. The second kappa shape index (κ2) is 3.54. The first-order valence-electron chi connectivity index (χ1n) is 4.66. The van der Waals surface area contributed by atoms with E-state index in [1.807, 2.05) is 11.6 Å². The number of rotatable bonds is 1. The predicted molar refractivity (Wildman–Crippen MR) is 61.8 cm³/mol. The monoisotopic (exact) mass is 203 g/mol. The molecule has 0 fully saturated rings. The summed E-state index contributed by atoms with van der Waals surface area (Å²) in [5.74, 6) is 0. The van der Waals surface area contributed by atoms with E-state index < -0.39 is 0 Å². The molecule has 0 atom stereocenters. The minimum absolute atomic E-state index is 1.12. The van der Waals surface area contributed by atoms with Gasteiger partial charge in [0.1, 0.15) is 5.01 Å². The molecular weight excluding hydrogens is 190 g/mol. The van der Waals surface area contributed by atoms with Crippen LogP contribution in [0.15, 0.2) is 23.7 Å². The molecule has 0 saturated heterocycles. The van der Waals surface area contributed by atoms with Crippen molar-refractivity contribution in [3.63, 3.8) is 0 Å². The molecule has 1 aromatic carbocycles. The maximum atomic E-state index is 4.34. The number of hydrogen-bond acceptors (Lipinski definition) is 2. The highest BCUT2D eigenvalue weighted by Crippen LogP contribution is 2.27. The molecule has 2 aromatic rings. The van der Waals surface area contributed by atoms with Crippen molar-refractivity contribution in [2.24, 2.45) is 0 Å². The van der Waals surface area contributed by atoms with Crippen LogP contribution >= 0.6 is 11.3 Å². The molecule has 14 heavy (non-hydrogen) atoms. The van der Waals surface area contributed by atoms with Gasteiger partial charge in [-0.2, -0.15) is 0 Å². The molecule has 0 bridgehead atoms. The van der Waals surface area contributed by atoms with E-state index in [2.05, 4.69) is 37.9 Å². The van der Waals surface area contributed by atoms with Gasteiger partial charge in [0, 0.05) is 17.1 Å². The molecule has 0 aliphatic carbocycles. The van der Waals surface area contributed by atoms with Crippen molar-refractivity contribution in [1.82, 2.24) is 4.98 Å². The highest BCUT2D eigenvalue weighted by molar-refractivity contribution is 7.13. The molecule has 1 heterocycles. The van der Waals surface area contributed by atoms with E-state index in [0.717, 1.165) is 5.01 Å². The summed E-state index contributed by atoms with van der Waals surface area (Å²) in [6, 6.07) is 4.45. The molecule has 0 aliphatic rings. The van der Waals surface area contributed by atoms with Crippen molar-refractivity contribution >= 4 is 11.3 Å². The first kappa shape index (κ1) is 9.41. The number of thiazole rings is 1. The topological polar surface area (TPSA) is 12.9 Å². The van der Waals surface area contributed by atoms with Gasteiger partial charge in [0.25, 0.3) is 0 Å². The lowest BCUT2D eigenvalue weighted by atomic mass is 10.0. The predicted octanol–water partition coefficient (Wildman–Crippen LogP) is 3.74. The molecule has 2 rings (SSSR count). The van der Waals surface area contributed by atoms with E-state index >= 15 is 0 Å². The Labute approximate surface area is 88.4 Å². The van der Waals surface area contributed by atoms with Crippen LogP contribution in [0, 0.1) is 20.8 Å². The summed E-state index contributed by atoms with van der Waals surface area (Å²) >= 11 is 1.69. The van der Waals surface area contributed by atoms with Gasteiger partial charge in [0.2, 0.25) is 0 Å². The van der Waals surface area contributed by atoms with Gasteiger partial charge in [-0.25, -0.2) is 4.98 Å². The Hall–Kier alpha value is -1.15. The van der Waals surface area contributed by atoms with Gasteiger partial charge in [-0.15, -0.1) is 11.3 Å². The summed E-state index contributed by atoms with van der Waals surface area (Å²) in [5, 5.41) is 3.13. The van der Waals surface area contributed by atoms with Crippen LogP contribution in [0.5, 0.6) is 0 Å². The maximum absolute atomic E-state index is 4.34. The summed E-state index contributed by atoms with van der Waals surface area (Å²) in [4.78, 5) is 4.34. The molecule has 1 nitrogen and oxygen atoms in total. The summed E-state index contributed by atoms with van der Waals surface area (Å²) in [6.45, 7) is 6.43. The minimum atomic E-state index is 1.12. The Bertz CT molecular complexity index is 444. The lowest BCUT2D eigenvalue weighted by molar-refractivity contribution is 1.29. The van der Waals surface area contributed by atoms with Gasteiger partial charge in [-0.3, -0.25) is 0 Å². The lowest BCUT2D eigenvalue weighted by Crippen LogP contribution is -1.87. The average Bonchev–Trinajstić information content (AvgIpc) is 2.64. The van der Waals surface area contributed by atoms with Crippen molar-refractivity contribution in [2.45, 2.75) is 20.8 Å². The standard InChI is InChI=1S/C12H13NS/c1-8-6-10(3)11(7-9(8)2)12-13-4-5-14-12/h4-7H,1-3H3. The minimum Gasteiger partial charge on any atom is -0.245 e. The van der Waals surface area contributed by atoms with Gasteiger partial charge >= 0.3 is 0 Å². The van der Waals surface area contributed by atoms with Crippen molar-refractivity contribution in [3.05, 3.63) is 40.4 Å². The van der Waals surface area contributed by atoms with Crippen molar-refractivity contribution in [3.8, 4) is 10.6 Å². The number of hydrogen-bond donors (Lipinski definition) is 0. The van der Waals surface area contributed by atoms with E-state index in [-0.39, 0.29) is 0 Å². The third-order valence-electron chi connectivity index (χ3n) is 2.50. The molecule has 72 valence electrons. The molecule has 0 unspecified atom stereocenters. The Balaban J connectivity index is 2.60. The number of aryl methyl sites for hydroxylation is 3. The van der Waals surface area contributed by atoms with Crippen molar-refractivity contribution in [1.29, 1.82) is 0 Å². The zero-order valence-electron chi connectivity index (χ0n) is 8.66. The van der Waals surface area contributed by atoms with Gasteiger partial charge in [-0.1, -0.05) is 6.07 Å². The Morgan fingerprint density at radius 1 is 1.00 bits per heavy atom. The quantitative estimate of drug-likeness (QED) is 0.688. The molecule has 0 amide bonds. The molecule has 0 saturated carbocycles. The third kappa shape index (κ3) is 1.58. The lowest BCUT2D eigenvalue weighted by Gasteiger charge is -2.06. The molecular formula is C12H13NS. The first-order chi connectivity index (χ1) is 6.68. The average molecular weight is 203 g/mol. The fraction of sp³-hybridized carbons (Fsp3) is 0.250. The van der Waals surface area contributed by atoms with Crippen LogP contribution in [-0.4, -0.2) is 4.98 Å². The second-order valence-electron chi connectivity index (χ2n) is 3.59. The second-order valence-corrected chi connectivity index (χ2v) is 4.48. The Morgan fingerprint density at radius 3 is 2.36 bits per heavy atom. The zero-order valence-corrected chi connectivity index (χ0v) is 9.48. The van der Waals surface area contributed by atoms with Gasteiger partial charge in [0.05, 0.1) is 0 Å². The van der Waals surface area contributed by atoms with Crippen LogP contribution in [0.3, 0.4) is 0 Å². The van der Waals surface area contributed by atoms with Crippen LogP contribution in [0.25, 0.3) is 10.6 Å². The third-order valence-corrected chi connectivity index (χ3v) is 3.31. The molecule has 1 aromatic heterocycles. The SMILES string of the molecule is Cc1cc(C)c(-c2nccs2)cc1C. The number of benzene rings is 1. The van der Waals surface area contributed by atoms with E-state index in [1.54, 1.807) is 11.3 Å². The Kier molecular flexibility index (Phi) is 2.38. The Morgan fingerprint density at radius 2 is 1.71 bits per heavy atom. The van der Waals surface area contributed by atoms with Crippen molar-refractivity contribution in [2.75, 3.05) is 0 Å². The molecule has 0 N–H and O–H groups in total. The van der Waals surface area contributed by atoms with E-state index in [1.165, 1.54) is 22.3 Å². The number of nitrogens with zero attached hydrogens (tertiary/aromatic N) is 1. The van der Waals surface area contributed by atoms with Gasteiger partial charge < -0.3 is 0 Å². The summed E-state index contributed by atoms with van der Waals surface area (Å²) < 4.78 is 0. The molecule has 0 radical (unpaired) electrons. The van der Waals surface area contributed by atoms with Gasteiger partial charge in [-0.05, 0) is 43.5 Å². The van der Waals surface area contributed by atoms with E-state index in [9.17, 15) is 0 Å². The van der Waals surface area contributed by atoms with Crippen LogP contribution in [-0.2, 0) is 0 Å². The largest absolute Gasteiger partial charge is 0.245 e. The molecule has 0 spiro atoms. The fourth-order valence-electron chi connectivity index (χ4n) is 1.55. The summed E-state index contributed by atoms with van der Waals surface area (Å²) in [5.41, 5.74) is 5.26. The highest BCUT2D eigenvalue weighted by Gasteiger charge is 2.05. The van der Waals surface area contributed by atoms with E-state index in [0.29, 0.717) is 0 Å². The van der Waals surface area contributed by atoms with Crippen LogP contribution in [0.4, 0.5) is 0 Å². The normalized spacial score (nSPS) is 10.5. The van der Waals surface area contributed by atoms with Crippen molar-refractivity contribution < 1.29 is 0 Å². The summed E-state index contributed by atoms with van der Waals surface area (Å²) in [7, 11) is 0. The van der Waals surface area contributed by atoms with Crippen LogP contribution < -0.4 is 0 Å². The fourth-order valence-corrected chi connectivity index (χ4v) is 2.27. The van der Waals surface area contributed by atoms with Crippen LogP contribution in [0.2, 0.25) is 0 Å². The number of aromatic nitrogens is 1. The maximum Gasteiger partial charge on any atom is 0.123 e. The van der Waals surface area contributed by atoms with Gasteiger partial charge in [0.15, 0.2) is 0 Å². The zero-order chi connectivity index (χ0) is 10.1. The molecule has 2 heteroatoms. The smallest absolute Gasteiger partial charge is 0.123 e. The summed E-state index contributed by atoms with van der Waals surface area (Å²) in [6.07, 6.45) is 1.86. The molecule has 0 aliphatic heterocycles. The van der Waals surface area contributed by atoms with Crippen LogP contribution in [0.1, 0.15) is 16.7 Å².